The Labute approximate surface area is 133 Å². The van der Waals surface area contributed by atoms with E-state index in [4.69, 9.17) is 5.11 Å². The van der Waals surface area contributed by atoms with Gasteiger partial charge in [0.2, 0.25) is 5.91 Å². The summed E-state index contributed by atoms with van der Waals surface area (Å²) in [5.41, 5.74) is 0. The highest BCUT2D eigenvalue weighted by molar-refractivity contribution is 5.80. The van der Waals surface area contributed by atoms with E-state index in [-0.39, 0.29) is 11.8 Å². The van der Waals surface area contributed by atoms with Crippen LogP contribution in [0.5, 0.6) is 0 Å². The minimum absolute atomic E-state index is 0.0432. The second-order valence-electron chi connectivity index (χ2n) is 6.59. The molecule has 2 fully saturated rings. The zero-order valence-corrected chi connectivity index (χ0v) is 13.8. The molecule has 1 amide bonds. The third-order valence-corrected chi connectivity index (χ3v) is 4.90. The quantitative estimate of drug-likeness (QED) is 0.829. The zero-order chi connectivity index (χ0) is 16.1. The van der Waals surface area contributed by atoms with Crippen molar-refractivity contribution in [3.05, 3.63) is 0 Å². The van der Waals surface area contributed by atoms with E-state index >= 15 is 0 Å². The van der Waals surface area contributed by atoms with Gasteiger partial charge >= 0.3 is 5.97 Å². The van der Waals surface area contributed by atoms with E-state index in [0.717, 1.165) is 45.6 Å². The summed E-state index contributed by atoms with van der Waals surface area (Å²) in [6.07, 6.45) is 3.44. The van der Waals surface area contributed by atoms with Crippen LogP contribution >= 0.6 is 0 Å². The van der Waals surface area contributed by atoms with Gasteiger partial charge in [-0.05, 0) is 45.8 Å². The van der Waals surface area contributed by atoms with Crippen LogP contribution in [-0.2, 0) is 9.59 Å². The van der Waals surface area contributed by atoms with Crippen LogP contribution in [0.25, 0.3) is 0 Å². The Balaban J connectivity index is 1.88. The van der Waals surface area contributed by atoms with Crippen LogP contribution in [0.4, 0.5) is 0 Å². The van der Waals surface area contributed by atoms with Crippen molar-refractivity contribution < 1.29 is 14.7 Å². The number of rotatable bonds is 4. The smallest absolute Gasteiger partial charge is 0.320 e. The van der Waals surface area contributed by atoms with Crippen LogP contribution in [0.15, 0.2) is 0 Å². The molecule has 0 bridgehead atoms. The summed E-state index contributed by atoms with van der Waals surface area (Å²) in [6.45, 7) is 7.52. The van der Waals surface area contributed by atoms with Gasteiger partial charge in [0.1, 0.15) is 6.04 Å². The second kappa shape index (κ2) is 7.92. The fraction of sp³-hybridized carbons (Fsp3) is 0.875. The van der Waals surface area contributed by atoms with E-state index < -0.39 is 12.0 Å². The van der Waals surface area contributed by atoms with Gasteiger partial charge in [-0.3, -0.25) is 14.5 Å². The molecule has 0 aromatic carbocycles. The predicted octanol–water partition coefficient (Wildman–Crippen LogP) is 0.726. The molecule has 6 heteroatoms. The maximum absolute atomic E-state index is 12.7. The van der Waals surface area contributed by atoms with Crippen LogP contribution in [0.1, 0.15) is 32.6 Å². The number of amides is 1. The number of carbonyl (C=O) groups excluding carboxylic acids is 1. The highest BCUT2D eigenvalue weighted by atomic mass is 16.4. The first-order valence-corrected chi connectivity index (χ1v) is 8.47. The van der Waals surface area contributed by atoms with Gasteiger partial charge in [-0.25, -0.2) is 0 Å². The highest BCUT2D eigenvalue weighted by Crippen LogP contribution is 2.23. The number of hydrogen-bond donors (Lipinski definition) is 1. The summed E-state index contributed by atoms with van der Waals surface area (Å²) in [4.78, 5) is 30.1. The van der Waals surface area contributed by atoms with E-state index in [1.54, 1.807) is 0 Å². The minimum atomic E-state index is -0.779. The van der Waals surface area contributed by atoms with Gasteiger partial charge in [0, 0.05) is 26.2 Å². The van der Waals surface area contributed by atoms with Gasteiger partial charge in [-0.2, -0.15) is 0 Å². The number of likely N-dealkylation sites (tertiary alicyclic amines) is 1. The lowest BCUT2D eigenvalue weighted by Crippen LogP contribution is -2.50. The van der Waals surface area contributed by atoms with Crippen molar-refractivity contribution in [2.45, 2.75) is 38.6 Å². The lowest BCUT2D eigenvalue weighted by Gasteiger charge is -2.36. The minimum Gasteiger partial charge on any atom is -0.480 e. The van der Waals surface area contributed by atoms with Crippen molar-refractivity contribution in [2.24, 2.45) is 5.92 Å². The summed E-state index contributed by atoms with van der Waals surface area (Å²) in [5, 5.41) is 9.16. The molecule has 2 rings (SSSR count). The molecule has 0 aromatic heterocycles. The number of carboxylic acids is 1. The van der Waals surface area contributed by atoms with Gasteiger partial charge in [0.05, 0.1) is 5.92 Å². The molecule has 0 saturated carbocycles. The van der Waals surface area contributed by atoms with E-state index in [2.05, 4.69) is 11.8 Å². The normalized spacial score (nSPS) is 28.4. The Morgan fingerprint density at radius 1 is 1.14 bits per heavy atom. The Kier molecular flexibility index (Phi) is 6.20. The summed E-state index contributed by atoms with van der Waals surface area (Å²) >= 11 is 0. The molecule has 2 heterocycles. The summed E-state index contributed by atoms with van der Waals surface area (Å²) in [6, 6.07) is -0.437. The van der Waals surface area contributed by atoms with Crippen molar-refractivity contribution >= 4 is 11.9 Å². The monoisotopic (exact) mass is 311 g/mol. The molecule has 2 aliphatic rings. The Bertz CT molecular complexity index is 402. The largest absolute Gasteiger partial charge is 0.480 e. The van der Waals surface area contributed by atoms with Crippen molar-refractivity contribution in [3.63, 3.8) is 0 Å². The molecule has 2 aliphatic heterocycles. The van der Waals surface area contributed by atoms with E-state index in [0.29, 0.717) is 19.4 Å². The first-order valence-electron chi connectivity index (χ1n) is 8.47. The van der Waals surface area contributed by atoms with Gasteiger partial charge < -0.3 is 14.9 Å². The van der Waals surface area contributed by atoms with E-state index in [1.165, 1.54) is 0 Å². The van der Waals surface area contributed by atoms with E-state index in [1.807, 2.05) is 16.8 Å². The maximum atomic E-state index is 12.7. The fourth-order valence-corrected chi connectivity index (χ4v) is 3.65. The zero-order valence-electron chi connectivity index (χ0n) is 13.8. The number of piperidine rings is 1. The lowest BCUT2D eigenvalue weighted by molar-refractivity contribution is -0.148. The molecule has 0 aliphatic carbocycles. The number of hydrogen-bond acceptors (Lipinski definition) is 4. The van der Waals surface area contributed by atoms with Crippen molar-refractivity contribution in [1.29, 1.82) is 0 Å². The first-order chi connectivity index (χ1) is 10.5. The van der Waals surface area contributed by atoms with Crippen LogP contribution in [0, 0.1) is 5.92 Å². The molecule has 0 radical (unpaired) electrons. The fourth-order valence-electron chi connectivity index (χ4n) is 3.65. The number of carbonyl (C=O) groups is 2. The number of aliphatic carboxylic acids is 1. The lowest BCUT2D eigenvalue weighted by atomic mass is 9.92. The summed E-state index contributed by atoms with van der Waals surface area (Å²) in [5.74, 6) is -0.606. The summed E-state index contributed by atoms with van der Waals surface area (Å²) < 4.78 is 0. The molecule has 0 spiro atoms. The molecule has 126 valence electrons. The van der Waals surface area contributed by atoms with Crippen LogP contribution in [0.2, 0.25) is 0 Å². The molecule has 22 heavy (non-hydrogen) atoms. The molecular weight excluding hydrogens is 282 g/mol. The highest BCUT2D eigenvalue weighted by Gasteiger charge is 2.35. The Hall–Kier alpha value is -1.14. The Morgan fingerprint density at radius 2 is 1.91 bits per heavy atom. The maximum Gasteiger partial charge on any atom is 0.320 e. The molecule has 0 aromatic rings. The van der Waals surface area contributed by atoms with Gasteiger partial charge in [-0.1, -0.05) is 6.92 Å². The van der Waals surface area contributed by atoms with Gasteiger partial charge in [0.15, 0.2) is 0 Å². The molecular formula is C16H29N3O3. The molecule has 2 unspecified atom stereocenters. The van der Waals surface area contributed by atoms with E-state index in [9.17, 15) is 9.59 Å². The van der Waals surface area contributed by atoms with Gasteiger partial charge in [0.25, 0.3) is 0 Å². The SMILES string of the molecule is CCCN1CCCN(C(=O)C2CCC(C(=O)O)N(C)C2)CC1. The second-order valence-corrected chi connectivity index (χ2v) is 6.59. The van der Waals surface area contributed by atoms with Gasteiger partial charge in [-0.15, -0.1) is 0 Å². The van der Waals surface area contributed by atoms with Crippen LogP contribution < -0.4 is 0 Å². The average molecular weight is 311 g/mol. The topological polar surface area (TPSA) is 64.1 Å². The summed E-state index contributed by atoms with van der Waals surface area (Å²) in [7, 11) is 1.81. The molecule has 6 nitrogen and oxygen atoms in total. The van der Waals surface area contributed by atoms with Crippen LogP contribution in [-0.4, -0.2) is 84.0 Å². The molecule has 2 atom stereocenters. The van der Waals surface area contributed by atoms with Crippen molar-refractivity contribution in [1.82, 2.24) is 14.7 Å². The standard InChI is InChI=1S/C16H29N3O3/c1-3-7-18-8-4-9-19(11-10-18)15(20)13-5-6-14(16(21)22)17(2)12-13/h13-14H,3-12H2,1-2H3,(H,21,22). The van der Waals surface area contributed by atoms with Crippen molar-refractivity contribution in [2.75, 3.05) is 46.3 Å². The number of likely N-dealkylation sites (N-methyl/N-ethyl adjacent to an activating group) is 1. The predicted molar refractivity (Wildman–Crippen MR) is 84.7 cm³/mol. The number of nitrogens with zero attached hydrogens (tertiary/aromatic N) is 3. The van der Waals surface area contributed by atoms with Crippen molar-refractivity contribution in [3.8, 4) is 0 Å². The average Bonchev–Trinajstić information content (AvgIpc) is 2.72. The first kappa shape index (κ1) is 17.2. The molecule has 1 N–H and O–H groups in total. The van der Waals surface area contributed by atoms with Crippen LogP contribution in [0.3, 0.4) is 0 Å². The third kappa shape index (κ3) is 4.20. The third-order valence-electron chi connectivity index (χ3n) is 4.90. The number of carboxylic acid groups (broad SMARTS) is 1. The molecule has 2 saturated heterocycles. The Morgan fingerprint density at radius 3 is 2.55 bits per heavy atom.